The fourth-order valence-electron chi connectivity index (χ4n) is 3.89. The zero-order valence-corrected chi connectivity index (χ0v) is 18.2. The molecule has 0 fully saturated rings. The number of benzene rings is 2. The first-order chi connectivity index (χ1) is 16.2. The molecule has 0 bridgehead atoms. The molecule has 8 nitrogen and oxygen atoms in total. The molecule has 0 saturated carbocycles. The van der Waals surface area contributed by atoms with Crippen LogP contribution in [-0.4, -0.2) is 37.6 Å². The first kappa shape index (κ1) is 20.6. The third-order valence-electron chi connectivity index (χ3n) is 5.59. The first-order valence-electron chi connectivity index (χ1n) is 10.7. The number of fused-ring (bicyclic) bond motifs is 1. The Morgan fingerprint density at radius 1 is 1.03 bits per heavy atom. The fraction of sp³-hybridized carbons (Fsp3) is 0.160. The van der Waals surface area contributed by atoms with Crippen molar-refractivity contribution in [2.75, 3.05) is 11.4 Å². The van der Waals surface area contributed by atoms with Gasteiger partial charge in [0.15, 0.2) is 0 Å². The number of nitrogens with zero attached hydrogens (tertiary/aromatic N) is 6. The molecule has 1 atom stereocenters. The molecule has 0 aliphatic carbocycles. The topological polar surface area (TPSA) is 88.8 Å². The Kier molecular flexibility index (Phi) is 5.63. The number of aromatic nitrogens is 5. The molecule has 2 aromatic carbocycles. The molecule has 8 heteroatoms. The second kappa shape index (κ2) is 9.04. The zero-order valence-electron chi connectivity index (χ0n) is 18.2. The summed E-state index contributed by atoms with van der Waals surface area (Å²) in [7, 11) is 0. The van der Waals surface area contributed by atoms with E-state index in [0.29, 0.717) is 12.5 Å². The Labute approximate surface area is 191 Å². The third kappa shape index (κ3) is 4.36. The molecule has 5 rings (SSSR count). The number of carbonyl (C=O) groups excluding carboxylic acids is 1. The molecule has 4 aromatic rings. The molecule has 164 valence electrons. The van der Waals surface area contributed by atoms with Crippen molar-refractivity contribution in [3.8, 4) is 0 Å². The predicted molar refractivity (Wildman–Crippen MR) is 125 cm³/mol. The van der Waals surface area contributed by atoms with E-state index in [1.165, 1.54) is 5.56 Å². The minimum Gasteiger partial charge on any atom is -0.350 e. The van der Waals surface area contributed by atoms with Crippen molar-refractivity contribution >= 4 is 17.6 Å². The summed E-state index contributed by atoms with van der Waals surface area (Å²) in [5, 5.41) is 15.4. The molecule has 1 aliphatic heterocycles. The van der Waals surface area contributed by atoms with Crippen LogP contribution in [0, 0.1) is 6.92 Å². The van der Waals surface area contributed by atoms with Gasteiger partial charge in [-0.1, -0.05) is 71.3 Å². The second-order valence-electron chi connectivity index (χ2n) is 7.92. The van der Waals surface area contributed by atoms with Crippen LogP contribution in [-0.2, 0) is 11.3 Å². The van der Waals surface area contributed by atoms with Gasteiger partial charge in [-0.05, 0) is 46.2 Å². The number of nitrogens with one attached hydrogen (secondary N) is 1. The molecule has 0 radical (unpaired) electrons. The van der Waals surface area contributed by atoms with Gasteiger partial charge >= 0.3 is 0 Å². The summed E-state index contributed by atoms with van der Waals surface area (Å²) in [5.41, 5.74) is 5.07. The Balaban J connectivity index is 1.47. The Morgan fingerprint density at radius 3 is 2.61 bits per heavy atom. The van der Waals surface area contributed by atoms with Gasteiger partial charge in [-0.25, -0.2) is 0 Å². The molecular formula is C25H23N7O. The zero-order chi connectivity index (χ0) is 22.6. The number of allylic oxidation sites excluding steroid dienone is 1. The van der Waals surface area contributed by atoms with Gasteiger partial charge in [0.05, 0.1) is 5.70 Å². The van der Waals surface area contributed by atoms with Gasteiger partial charge in [0, 0.05) is 18.9 Å². The summed E-state index contributed by atoms with van der Waals surface area (Å²) in [4.78, 5) is 18.9. The summed E-state index contributed by atoms with van der Waals surface area (Å²) in [6, 6.07) is 21.9. The predicted octanol–water partition coefficient (Wildman–Crippen LogP) is 3.14. The molecule has 3 heterocycles. The normalized spacial score (nSPS) is 15.0. The summed E-state index contributed by atoms with van der Waals surface area (Å²) in [5.74, 6) is 0.391. The third-order valence-corrected chi connectivity index (χ3v) is 5.59. The first-order valence-corrected chi connectivity index (χ1v) is 10.7. The highest BCUT2D eigenvalue weighted by Gasteiger charge is 2.31. The van der Waals surface area contributed by atoms with Crippen LogP contribution in [0.4, 0.5) is 5.95 Å². The molecule has 33 heavy (non-hydrogen) atoms. The lowest BCUT2D eigenvalue weighted by Crippen LogP contribution is -2.39. The number of anilines is 1. The molecule has 1 unspecified atom stereocenters. The average molecular weight is 438 g/mol. The summed E-state index contributed by atoms with van der Waals surface area (Å²) in [6.07, 6.45) is 5.56. The number of amides is 1. The van der Waals surface area contributed by atoms with Crippen LogP contribution in [0.15, 0.2) is 85.2 Å². The van der Waals surface area contributed by atoms with Crippen molar-refractivity contribution in [3.05, 3.63) is 107 Å². The van der Waals surface area contributed by atoms with Crippen LogP contribution < -0.4 is 10.2 Å². The van der Waals surface area contributed by atoms with Crippen LogP contribution in [0.2, 0.25) is 0 Å². The van der Waals surface area contributed by atoms with E-state index in [1.807, 2.05) is 47.4 Å². The molecule has 1 aliphatic rings. The number of rotatable bonds is 6. The SMILES string of the molecule is Cc1ccc(C2C=C(c3ccccc3)N(CC(=O)NCc3cccnc3)c3nnnn32)cc1. The lowest BCUT2D eigenvalue weighted by Gasteiger charge is -2.32. The molecule has 1 N–H and O–H groups in total. The monoisotopic (exact) mass is 437 g/mol. The maximum Gasteiger partial charge on any atom is 0.251 e. The van der Waals surface area contributed by atoms with Crippen molar-refractivity contribution in [2.45, 2.75) is 19.5 Å². The lowest BCUT2D eigenvalue weighted by atomic mass is 10.00. The number of hydrogen-bond donors (Lipinski definition) is 1. The van der Waals surface area contributed by atoms with Crippen LogP contribution in [0.3, 0.4) is 0 Å². The van der Waals surface area contributed by atoms with Crippen molar-refractivity contribution in [3.63, 3.8) is 0 Å². The molecule has 0 saturated heterocycles. The fourth-order valence-corrected chi connectivity index (χ4v) is 3.89. The number of tetrazole rings is 1. The van der Waals surface area contributed by atoms with Gasteiger partial charge in [-0.2, -0.15) is 4.68 Å². The van der Waals surface area contributed by atoms with Gasteiger partial charge in [0.25, 0.3) is 5.95 Å². The number of aryl methyl sites for hydroxylation is 1. The number of carbonyl (C=O) groups is 1. The van der Waals surface area contributed by atoms with Gasteiger partial charge in [-0.3, -0.25) is 14.7 Å². The summed E-state index contributed by atoms with van der Waals surface area (Å²) >= 11 is 0. The highest BCUT2D eigenvalue weighted by atomic mass is 16.2. The van der Waals surface area contributed by atoms with E-state index >= 15 is 0 Å². The highest BCUT2D eigenvalue weighted by Crippen LogP contribution is 2.36. The number of pyridine rings is 1. The Morgan fingerprint density at radius 2 is 1.85 bits per heavy atom. The molecule has 2 aromatic heterocycles. The van der Waals surface area contributed by atoms with Crippen molar-refractivity contribution < 1.29 is 4.79 Å². The van der Waals surface area contributed by atoms with E-state index in [1.54, 1.807) is 17.1 Å². The van der Waals surface area contributed by atoms with Crippen LogP contribution in [0.25, 0.3) is 5.70 Å². The van der Waals surface area contributed by atoms with Crippen molar-refractivity contribution in [2.24, 2.45) is 0 Å². The van der Waals surface area contributed by atoms with E-state index < -0.39 is 0 Å². The quantitative estimate of drug-likeness (QED) is 0.499. The average Bonchev–Trinajstić information content (AvgIpc) is 3.35. The minimum absolute atomic E-state index is 0.0853. The van der Waals surface area contributed by atoms with Crippen molar-refractivity contribution in [1.29, 1.82) is 0 Å². The van der Waals surface area contributed by atoms with E-state index in [9.17, 15) is 4.79 Å². The van der Waals surface area contributed by atoms with E-state index in [0.717, 1.165) is 22.4 Å². The Hall–Kier alpha value is -4.33. The second-order valence-corrected chi connectivity index (χ2v) is 7.92. The standard InChI is InChI=1S/C25H23N7O/c1-18-9-11-21(12-10-18)23-14-22(20-7-3-2-4-8-20)31(25-28-29-30-32(23)25)17-24(33)27-16-19-6-5-13-26-15-19/h2-15,23H,16-17H2,1H3,(H,27,33). The summed E-state index contributed by atoms with van der Waals surface area (Å²) in [6.45, 7) is 2.55. The van der Waals surface area contributed by atoms with E-state index in [4.69, 9.17) is 0 Å². The van der Waals surface area contributed by atoms with Crippen molar-refractivity contribution in [1.82, 2.24) is 30.5 Å². The van der Waals surface area contributed by atoms with E-state index in [2.05, 4.69) is 63.1 Å². The smallest absolute Gasteiger partial charge is 0.251 e. The van der Waals surface area contributed by atoms with Gasteiger partial charge in [0.2, 0.25) is 5.91 Å². The molecule has 1 amide bonds. The summed E-state index contributed by atoms with van der Waals surface area (Å²) < 4.78 is 1.76. The maximum atomic E-state index is 12.9. The minimum atomic E-state index is -0.180. The molecule has 0 spiro atoms. The van der Waals surface area contributed by atoms with Gasteiger partial charge in [0.1, 0.15) is 12.6 Å². The van der Waals surface area contributed by atoms with Crippen LogP contribution in [0.5, 0.6) is 0 Å². The lowest BCUT2D eigenvalue weighted by molar-refractivity contribution is -0.119. The van der Waals surface area contributed by atoms with Crippen LogP contribution >= 0.6 is 0 Å². The van der Waals surface area contributed by atoms with Gasteiger partial charge < -0.3 is 5.32 Å². The van der Waals surface area contributed by atoms with Crippen LogP contribution in [0.1, 0.15) is 28.3 Å². The van der Waals surface area contributed by atoms with Gasteiger partial charge in [-0.15, -0.1) is 0 Å². The van der Waals surface area contributed by atoms with E-state index in [-0.39, 0.29) is 18.5 Å². The largest absolute Gasteiger partial charge is 0.350 e. The Bertz CT molecular complexity index is 1270. The number of hydrogen-bond acceptors (Lipinski definition) is 6. The molecular weight excluding hydrogens is 414 g/mol. The highest BCUT2D eigenvalue weighted by molar-refractivity contribution is 5.89. The maximum absolute atomic E-state index is 12.9.